The van der Waals surface area contributed by atoms with Gasteiger partial charge in [-0.15, -0.1) is 0 Å². The topological polar surface area (TPSA) is 29.5 Å². The zero-order valence-electron chi connectivity index (χ0n) is 11.7. The Balaban J connectivity index is 2.46. The summed E-state index contributed by atoms with van der Waals surface area (Å²) in [6.07, 6.45) is 1.50. The van der Waals surface area contributed by atoms with Crippen molar-refractivity contribution in [3.63, 3.8) is 0 Å². The summed E-state index contributed by atoms with van der Waals surface area (Å²) in [7, 11) is 0. The van der Waals surface area contributed by atoms with Gasteiger partial charge in [-0.25, -0.2) is 0 Å². The molecular formula is C17H20O2. The summed E-state index contributed by atoms with van der Waals surface area (Å²) in [5.41, 5.74) is 2.06. The Morgan fingerprint density at radius 2 is 1.95 bits per heavy atom. The lowest BCUT2D eigenvalue weighted by atomic mass is 10.0. The van der Waals surface area contributed by atoms with Crippen LogP contribution >= 0.6 is 0 Å². The quantitative estimate of drug-likeness (QED) is 0.829. The molecule has 100 valence electrons. The first-order valence-corrected chi connectivity index (χ1v) is 6.55. The van der Waals surface area contributed by atoms with E-state index >= 15 is 0 Å². The van der Waals surface area contributed by atoms with Crippen LogP contribution in [-0.2, 0) is 0 Å². The van der Waals surface area contributed by atoms with Crippen molar-refractivity contribution in [2.24, 2.45) is 0 Å². The maximum Gasteiger partial charge on any atom is 0.133 e. The first-order valence-electron chi connectivity index (χ1n) is 6.55. The lowest BCUT2D eigenvalue weighted by Gasteiger charge is -2.15. The Kier molecular flexibility index (Phi) is 4.23. The number of aliphatic hydroxyl groups is 1. The van der Waals surface area contributed by atoms with Crippen molar-refractivity contribution in [1.82, 2.24) is 0 Å². The average Bonchev–Trinajstić information content (AvgIpc) is 2.38. The van der Waals surface area contributed by atoms with Crippen LogP contribution in [0.2, 0.25) is 0 Å². The molecule has 2 heteroatoms. The zero-order chi connectivity index (χ0) is 13.8. The van der Waals surface area contributed by atoms with Crippen LogP contribution in [-0.4, -0.2) is 11.7 Å². The van der Waals surface area contributed by atoms with E-state index in [1.807, 2.05) is 50.3 Å². The van der Waals surface area contributed by atoms with Gasteiger partial charge in [-0.05, 0) is 32.2 Å². The summed E-state index contributed by atoms with van der Waals surface area (Å²) in [4.78, 5) is 0. The number of hydrogen-bond donors (Lipinski definition) is 1. The first kappa shape index (κ1) is 13.6. The van der Waals surface area contributed by atoms with Crippen LogP contribution in [0.15, 0.2) is 48.0 Å². The van der Waals surface area contributed by atoms with Crippen molar-refractivity contribution < 1.29 is 9.84 Å². The molecule has 19 heavy (non-hydrogen) atoms. The second kappa shape index (κ2) is 5.89. The standard InChI is InChI=1S/C17H20O2/c1-12(2)10-11-19-17-15(13(3)18)9-8-14-6-4-5-7-16(14)17/h4-10,13,18H,11H2,1-3H3/t13-/m1/s1. The SMILES string of the molecule is CC(C)=CCOc1c([C@@H](C)O)ccc2ccccc12. The van der Waals surface area contributed by atoms with E-state index < -0.39 is 6.10 Å². The molecule has 0 spiro atoms. The summed E-state index contributed by atoms with van der Waals surface area (Å²) in [6, 6.07) is 12.0. The van der Waals surface area contributed by atoms with Crippen LogP contribution in [0.1, 0.15) is 32.4 Å². The highest BCUT2D eigenvalue weighted by Gasteiger charge is 2.12. The van der Waals surface area contributed by atoms with Gasteiger partial charge in [0.2, 0.25) is 0 Å². The second-order valence-corrected chi connectivity index (χ2v) is 4.97. The molecule has 2 rings (SSSR count). The van der Waals surface area contributed by atoms with Crippen LogP contribution in [0.25, 0.3) is 10.8 Å². The fraction of sp³-hybridized carbons (Fsp3) is 0.294. The van der Waals surface area contributed by atoms with E-state index in [1.165, 1.54) is 5.57 Å². The largest absolute Gasteiger partial charge is 0.488 e. The fourth-order valence-corrected chi connectivity index (χ4v) is 2.04. The fourth-order valence-electron chi connectivity index (χ4n) is 2.04. The molecule has 2 aromatic carbocycles. The minimum atomic E-state index is -0.536. The number of aliphatic hydroxyl groups excluding tert-OH is 1. The molecule has 0 aromatic heterocycles. The third-order valence-electron chi connectivity index (χ3n) is 3.08. The number of hydrogen-bond acceptors (Lipinski definition) is 2. The van der Waals surface area contributed by atoms with Crippen LogP contribution < -0.4 is 4.74 Å². The van der Waals surface area contributed by atoms with Gasteiger partial charge in [0, 0.05) is 10.9 Å². The number of benzene rings is 2. The van der Waals surface area contributed by atoms with E-state index in [4.69, 9.17) is 4.74 Å². The highest BCUT2D eigenvalue weighted by atomic mass is 16.5. The molecule has 1 atom stereocenters. The summed E-state index contributed by atoms with van der Waals surface area (Å²) in [6.45, 7) is 6.37. The molecule has 0 aliphatic rings. The molecule has 0 saturated heterocycles. The van der Waals surface area contributed by atoms with Gasteiger partial charge >= 0.3 is 0 Å². The molecule has 0 unspecified atom stereocenters. The molecule has 2 aromatic rings. The molecule has 0 aliphatic heterocycles. The number of fused-ring (bicyclic) bond motifs is 1. The van der Waals surface area contributed by atoms with Gasteiger partial charge in [-0.1, -0.05) is 42.0 Å². The number of ether oxygens (including phenoxy) is 1. The van der Waals surface area contributed by atoms with E-state index in [2.05, 4.69) is 6.07 Å². The average molecular weight is 256 g/mol. The molecule has 0 saturated carbocycles. The third kappa shape index (κ3) is 3.15. The van der Waals surface area contributed by atoms with Crippen LogP contribution in [0.5, 0.6) is 5.75 Å². The Hall–Kier alpha value is -1.80. The summed E-state index contributed by atoms with van der Waals surface area (Å²) in [5.74, 6) is 0.783. The van der Waals surface area contributed by atoms with E-state index in [0.717, 1.165) is 22.1 Å². The lowest BCUT2D eigenvalue weighted by molar-refractivity contribution is 0.193. The predicted molar refractivity (Wildman–Crippen MR) is 79.5 cm³/mol. The smallest absolute Gasteiger partial charge is 0.133 e. The predicted octanol–water partition coefficient (Wildman–Crippen LogP) is 4.24. The lowest BCUT2D eigenvalue weighted by Crippen LogP contribution is -2.01. The van der Waals surface area contributed by atoms with Gasteiger partial charge in [0.05, 0.1) is 6.10 Å². The summed E-state index contributed by atoms with van der Waals surface area (Å²) < 4.78 is 5.89. The van der Waals surface area contributed by atoms with Crippen molar-refractivity contribution in [3.8, 4) is 5.75 Å². The van der Waals surface area contributed by atoms with E-state index in [1.54, 1.807) is 6.92 Å². The number of allylic oxidation sites excluding steroid dienone is 1. The minimum Gasteiger partial charge on any atom is -0.488 e. The Labute approximate surface area is 114 Å². The molecule has 0 radical (unpaired) electrons. The highest BCUT2D eigenvalue weighted by molar-refractivity contribution is 5.89. The van der Waals surface area contributed by atoms with Crippen molar-refractivity contribution >= 4 is 10.8 Å². The van der Waals surface area contributed by atoms with E-state index in [-0.39, 0.29) is 0 Å². The van der Waals surface area contributed by atoms with Gasteiger partial charge in [0.25, 0.3) is 0 Å². The van der Waals surface area contributed by atoms with Crippen molar-refractivity contribution in [3.05, 3.63) is 53.6 Å². The molecular weight excluding hydrogens is 236 g/mol. The highest BCUT2D eigenvalue weighted by Crippen LogP contribution is 2.33. The molecule has 0 heterocycles. The van der Waals surface area contributed by atoms with Gasteiger partial charge in [-0.3, -0.25) is 0 Å². The monoisotopic (exact) mass is 256 g/mol. The van der Waals surface area contributed by atoms with E-state index in [0.29, 0.717) is 6.61 Å². The van der Waals surface area contributed by atoms with Crippen molar-refractivity contribution in [2.45, 2.75) is 26.9 Å². The minimum absolute atomic E-state index is 0.524. The Morgan fingerprint density at radius 1 is 1.21 bits per heavy atom. The maximum atomic E-state index is 9.88. The second-order valence-electron chi connectivity index (χ2n) is 4.97. The normalized spacial score (nSPS) is 12.2. The molecule has 0 bridgehead atoms. The molecule has 0 amide bonds. The summed E-state index contributed by atoms with van der Waals surface area (Å²) >= 11 is 0. The molecule has 1 N–H and O–H groups in total. The van der Waals surface area contributed by atoms with Gasteiger partial charge in [0.1, 0.15) is 12.4 Å². The Bertz CT molecular complexity index is 593. The molecule has 2 nitrogen and oxygen atoms in total. The van der Waals surface area contributed by atoms with Crippen molar-refractivity contribution in [2.75, 3.05) is 6.61 Å². The Morgan fingerprint density at radius 3 is 2.63 bits per heavy atom. The van der Waals surface area contributed by atoms with E-state index in [9.17, 15) is 5.11 Å². The van der Waals surface area contributed by atoms with Crippen LogP contribution in [0.3, 0.4) is 0 Å². The molecule has 0 fully saturated rings. The van der Waals surface area contributed by atoms with Gasteiger partial charge in [-0.2, -0.15) is 0 Å². The van der Waals surface area contributed by atoms with Gasteiger partial charge < -0.3 is 9.84 Å². The van der Waals surface area contributed by atoms with Crippen LogP contribution in [0, 0.1) is 0 Å². The third-order valence-corrected chi connectivity index (χ3v) is 3.08. The van der Waals surface area contributed by atoms with Crippen molar-refractivity contribution in [1.29, 1.82) is 0 Å². The maximum absolute atomic E-state index is 9.88. The number of rotatable bonds is 4. The first-order chi connectivity index (χ1) is 9.09. The summed E-state index contributed by atoms with van der Waals surface area (Å²) in [5, 5.41) is 12.0. The van der Waals surface area contributed by atoms with Gasteiger partial charge in [0.15, 0.2) is 0 Å². The van der Waals surface area contributed by atoms with Crippen LogP contribution in [0.4, 0.5) is 0 Å². The zero-order valence-corrected chi connectivity index (χ0v) is 11.7. The molecule has 0 aliphatic carbocycles.